The van der Waals surface area contributed by atoms with Gasteiger partial charge in [-0.25, -0.2) is 0 Å². The van der Waals surface area contributed by atoms with E-state index in [0.717, 1.165) is 4.88 Å². The van der Waals surface area contributed by atoms with Crippen LogP contribution in [0, 0.1) is 0 Å². The van der Waals surface area contributed by atoms with E-state index < -0.39 is 18.6 Å². The molecule has 0 saturated heterocycles. The minimum Gasteiger partial charge on any atom is -0.327 e. The van der Waals surface area contributed by atoms with Crippen LogP contribution in [0.1, 0.15) is 11.3 Å². The first-order valence-corrected chi connectivity index (χ1v) is 4.70. The molecule has 13 heavy (non-hydrogen) atoms. The first kappa shape index (κ1) is 10.5. The van der Waals surface area contributed by atoms with Gasteiger partial charge in [-0.2, -0.15) is 13.2 Å². The largest absolute Gasteiger partial charge is 0.390 e. The van der Waals surface area contributed by atoms with Crippen molar-refractivity contribution in [1.82, 2.24) is 0 Å². The molecule has 0 fully saturated rings. The summed E-state index contributed by atoms with van der Waals surface area (Å²) >= 11 is 1.43. The van der Waals surface area contributed by atoms with E-state index >= 15 is 0 Å². The fraction of sp³-hybridized carbons (Fsp3) is 0.500. The summed E-state index contributed by atoms with van der Waals surface area (Å²) in [5, 5.41) is 1.83. The highest BCUT2D eigenvalue weighted by Gasteiger charge is 2.30. The van der Waals surface area contributed by atoms with Crippen molar-refractivity contribution in [3.8, 4) is 0 Å². The van der Waals surface area contributed by atoms with Crippen LogP contribution < -0.4 is 5.73 Å². The molecule has 0 aliphatic heterocycles. The summed E-state index contributed by atoms with van der Waals surface area (Å²) in [4.78, 5) is 0.900. The lowest BCUT2D eigenvalue weighted by molar-refractivity contribution is -0.138. The molecule has 1 atom stereocenters. The fourth-order valence-corrected chi connectivity index (χ4v) is 1.86. The predicted octanol–water partition coefficient (Wildman–Crippen LogP) is 2.57. The molecular formula is C8H10F3NS. The third kappa shape index (κ3) is 4.28. The zero-order valence-corrected chi connectivity index (χ0v) is 7.66. The van der Waals surface area contributed by atoms with Gasteiger partial charge in [0.15, 0.2) is 0 Å². The van der Waals surface area contributed by atoms with E-state index in [1.807, 2.05) is 5.38 Å². The van der Waals surface area contributed by atoms with E-state index in [-0.39, 0.29) is 0 Å². The molecule has 0 aliphatic rings. The van der Waals surface area contributed by atoms with Gasteiger partial charge in [-0.3, -0.25) is 0 Å². The molecule has 1 aromatic heterocycles. The Balaban J connectivity index is 2.38. The first-order chi connectivity index (χ1) is 5.97. The lowest BCUT2D eigenvalue weighted by Gasteiger charge is -2.12. The highest BCUT2D eigenvalue weighted by Crippen LogP contribution is 2.22. The molecule has 0 aromatic carbocycles. The first-order valence-electron chi connectivity index (χ1n) is 3.82. The molecule has 0 saturated carbocycles. The normalized spacial score (nSPS) is 14.5. The monoisotopic (exact) mass is 209 g/mol. The molecule has 0 radical (unpaired) electrons. The number of hydrogen-bond donors (Lipinski definition) is 1. The fourth-order valence-electron chi connectivity index (χ4n) is 1.06. The average Bonchev–Trinajstić information content (AvgIpc) is 2.34. The van der Waals surface area contributed by atoms with E-state index in [2.05, 4.69) is 0 Å². The molecule has 5 heteroatoms. The Morgan fingerprint density at radius 3 is 2.62 bits per heavy atom. The number of nitrogens with two attached hydrogens (primary N) is 1. The molecule has 1 aromatic rings. The Morgan fingerprint density at radius 1 is 1.46 bits per heavy atom. The molecule has 0 unspecified atom stereocenters. The Labute approximate surface area is 78.4 Å². The van der Waals surface area contributed by atoms with E-state index in [1.54, 1.807) is 12.1 Å². The maximum absolute atomic E-state index is 11.9. The lowest BCUT2D eigenvalue weighted by atomic mass is 10.1. The quantitative estimate of drug-likeness (QED) is 0.813. The Morgan fingerprint density at radius 2 is 2.15 bits per heavy atom. The molecule has 1 nitrogen and oxygen atoms in total. The van der Waals surface area contributed by atoms with Gasteiger partial charge in [-0.05, 0) is 17.9 Å². The van der Waals surface area contributed by atoms with Crippen molar-refractivity contribution >= 4 is 11.3 Å². The Bertz CT molecular complexity index is 242. The van der Waals surface area contributed by atoms with Crippen molar-refractivity contribution in [3.63, 3.8) is 0 Å². The molecular weight excluding hydrogens is 199 g/mol. The summed E-state index contributed by atoms with van der Waals surface area (Å²) in [5.41, 5.74) is 5.34. The van der Waals surface area contributed by atoms with Crippen molar-refractivity contribution in [1.29, 1.82) is 0 Å². The van der Waals surface area contributed by atoms with E-state index in [1.165, 1.54) is 11.3 Å². The topological polar surface area (TPSA) is 26.0 Å². The number of alkyl halides is 3. The second kappa shape index (κ2) is 4.11. The van der Waals surface area contributed by atoms with Gasteiger partial charge in [0.1, 0.15) is 0 Å². The van der Waals surface area contributed by atoms with Gasteiger partial charge in [0.05, 0.1) is 6.42 Å². The summed E-state index contributed by atoms with van der Waals surface area (Å²) in [6.45, 7) is 0. The molecule has 74 valence electrons. The molecule has 2 N–H and O–H groups in total. The predicted molar refractivity (Wildman–Crippen MR) is 46.7 cm³/mol. The lowest BCUT2D eigenvalue weighted by Crippen LogP contribution is -2.29. The van der Waals surface area contributed by atoms with Crippen molar-refractivity contribution < 1.29 is 13.2 Å². The van der Waals surface area contributed by atoms with Gasteiger partial charge in [0.2, 0.25) is 0 Å². The van der Waals surface area contributed by atoms with Gasteiger partial charge >= 0.3 is 6.18 Å². The molecule has 0 spiro atoms. The minimum atomic E-state index is -4.16. The average molecular weight is 209 g/mol. The molecule has 0 amide bonds. The molecule has 0 bridgehead atoms. The van der Waals surface area contributed by atoms with Gasteiger partial charge in [-0.15, -0.1) is 11.3 Å². The van der Waals surface area contributed by atoms with Crippen LogP contribution in [0.4, 0.5) is 13.2 Å². The molecule has 1 heterocycles. The second-order valence-corrected chi connectivity index (χ2v) is 3.90. The second-order valence-electron chi connectivity index (χ2n) is 2.86. The standard InChI is InChI=1S/C8H10F3NS/c9-8(10,11)5-6(12)4-7-2-1-3-13-7/h1-3,6H,4-5,12H2/t6-/m1/s1. The van der Waals surface area contributed by atoms with Gasteiger partial charge in [0, 0.05) is 10.9 Å². The number of hydrogen-bond acceptors (Lipinski definition) is 2. The van der Waals surface area contributed by atoms with Crippen LogP contribution >= 0.6 is 11.3 Å². The van der Waals surface area contributed by atoms with Crippen LogP contribution in [-0.4, -0.2) is 12.2 Å². The maximum Gasteiger partial charge on any atom is 0.390 e. The van der Waals surface area contributed by atoms with Crippen LogP contribution in [0.2, 0.25) is 0 Å². The van der Waals surface area contributed by atoms with Crippen LogP contribution in [-0.2, 0) is 6.42 Å². The number of halogens is 3. The maximum atomic E-state index is 11.9. The van der Waals surface area contributed by atoms with Crippen LogP contribution in [0.25, 0.3) is 0 Å². The van der Waals surface area contributed by atoms with Crippen molar-refractivity contribution in [2.45, 2.75) is 25.1 Å². The highest BCUT2D eigenvalue weighted by atomic mass is 32.1. The number of rotatable bonds is 3. The van der Waals surface area contributed by atoms with E-state index in [0.29, 0.717) is 6.42 Å². The summed E-state index contributed by atoms with van der Waals surface area (Å²) < 4.78 is 35.6. The Kier molecular flexibility index (Phi) is 3.33. The summed E-state index contributed by atoms with van der Waals surface area (Å²) in [5.74, 6) is 0. The minimum absolute atomic E-state index is 0.303. The van der Waals surface area contributed by atoms with E-state index in [9.17, 15) is 13.2 Å². The van der Waals surface area contributed by atoms with Gasteiger partial charge < -0.3 is 5.73 Å². The smallest absolute Gasteiger partial charge is 0.327 e. The highest BCUT2D eigenvalue weighted by molar-refractivity contribution is 7.09. The summed E-state index contributed by atoms with van der Waals surface area (Å²) in [6, 6.07) is 2.78. The van der Waals surface area contributed by atoms with Crippen LogP contribution in [0.3, 0.4) is 0 Å². The third-order valence-electron chi connectivity index (χ3n) is 1.54. The van der Waals surface area contributed by atoms with Crippen molar-refractivity contribution in [2.75, 3.05) is 0 Å². The van der Waals surface area contributed by atoms with Gasteiger partial charge in [0.25, 0.3) is 0 Å². The van der Waals surface area contributed by atoms with Crippen LogP contribution in [0.15, 0.2) is 17.5 Å². The van der Waals surface area contributed by atoms with Crippen LogP contribution in [0.5, 0.6) is 0 Å². The SMILES string of the molecule is N[C@H](Cc1cccs1)CC(F)(F)F. The zero-order valence-electron chi connectivity index (χ0n) is 6.84. The Hall–Kier alpha value is -0.550. The third-order valence-corrected chi connectivity index (χ3v) is 2.44. The van der Waals surface area contributed by atoms with Crippen molar-refractivity contribution in [2.24, 2.45) is 5.73 Å². The molecule has 1 rings (SSSR count). The summed E-state index contributed by atoms with van der Waals surface area (Å²) in [7, 11) is 0. The van der Waals surface area contributed by atoms with Gasteiger partial charge in [-0.1, -0.05) is 6.07 Å². The zero-order chi connectivity index (χ0) is 9.90. The molecule has 0 aliphatic carbocycles. The summed E-state index contributed by atoms with van der Waals surface area (Å²) in [6.07, 6.45) is -4.77. The van der Waals surface area contributed by atoms with E-state index in [4.69, 9.17) is 5.73 Å². The van der Waals surface area contributed by atoms with Crippen molar-refractivity contribution in [3.05, 3.63) is 22.4 Å². The number of thiophene rings is 1.